The number of hydrogen-bond acceptors (Lipinski definition) is 5. The van der Waals surface area contributed by atoms with Crippen LogP contribution in [0, 0.1) is 11.3 Å². The molecule has 1 N–H and O–H groups in total. The molecule has 0 amide bonds. The fourth-order valence-corrected chi connectivity index (χ4v) is 2.93. The van der Waals surface area contributed by atoms with E-state index in [0.29, 0.717) is 16.1 Å². The van der Waals surface area contributed by atoms with Gasteiger partial charge in [0.2, 0.25) is 10.0 Å². The normalized spacial score (nSPS) is 10.8. The second-order valence-electron chi connectivity index (χ2n) is 4.71. The Bertz CT molecular complexity index is 874. The molecule has 0 saturated carbocycles. The number of carbonyl (C=O) groups is 1. The van der Waals surface area contributed by atoms with Crippen LogP contribution < -0.4 is 4.72 Å². The SMILES string of the molecule is N#Cc1ccc(S(=O)(=O)NCC(=O)OCc2ccccc2Cl)cc1. The van der Waals surface area contributed by atoms with E-state index in [1.54, 1.807) is 24.3 Å². The summed E-state index contributed by atoms with van der Waals surface area (Å²) in [5.41, 5.74) is 0.968. The Morgan fingerprint density at radius 3 is 2.46 bits per heavy atom. The third-order valence-corrected chi connectivity index (χ3v) is 4.83. The van der Waals surface area contributed by atoms with Crippen molar-refractivity contribution in [3.63, 3.8) is 0 Å². The van der Waals surface area contributed by atoms with Gasteiger partial charge in [-0.15, -0.1) is 0 Å². The largest absolute Gasteiger partial charge is 0.460 e. The Balaban J connectivity index is 1.90. The predicted molar refractivity (Wildman–Crippen MR) is 87.6 cm³/mol. The summed E-state index contributed by atoms with van der Waals surface area (Å²) in [5.74, 6) is -0.730. The van der Waals surface area contributed by atoms with Gasteiger partial charge in [-0.1, -0.05) is 29.8 Å². The standard InChI is InChI=1S/C16H13ClN2O4S/c17-15-4-2-1-3-13(15)11-23-16(20)10-19-24(21,22)14-7-5-12(9-18)6-8-14/h1-8,19H,10-11H2. The first-order valence-corrected chi connectivity index (χ1v) is 8.67. The van der Waals surface area contributed by atoms with Crippen LogP contribution in [0.4, 0.5) is 0 Å². The topological polar surface area (TPSA) is 96.3 Å². The minimum atomic E-state index is -3.86. The smallest absolute Gasteiger partial charge is 0.321 e. The molecule has 0 spiro atoms. The highest BCUT2D eigenvalue weighted by molar-refractivity contribution is 7.89. The molecular formula is C16H13ClN2O4S. The van der Waals surface area contributed by atoms with Gasteiger partial charge in [0.15, 0.2) is 0 Å². The van der Waals surface area contributed by atoms with Gasteiger partial charge in [0.25, 0.3) is 0 Å². The third-order valence-electron chi connectivity index (χ3n) is 3.05. The highest BCUT2D eigenvalue weighted by Gasteiger charge is 2.16. The molecule has 0 atom stereocenters. The van der Waals surface area contributed by atoms with E-state index in [4.69, 9.17) is 21.6 Å². The number of hydrogen-bond donors (Lipinski definition) is 1. The number of carbonyl (C=O) groups excluding carboxylic acids is 1. The Labute approximate surface area is 144 Å². The summed E-state index contributed by atoms with van der Waals surface area (Å²) < 4.78 is 31.2. The van der Waals surface area contributed by atoms with E-state index in [1.165, 1.54) is 24.3 Å². The molecule has 6 nitrogen and oxygen atoms in total. The van der Waals surface area contributed by atoms with E-state index in [2.05, 4.69) is 4.72 Å². The summed E-state index contributed by atoms with van der Waals surface area (Å²) >= 11 is 5.94. The zero-order valence-electron chi connectivity index (χ0n) is 12.4. The summed E-state index contributed by atoms with van der Waals surface area (Å²) in [6.45, 7) is -0.552. The molecule has 0 bridgehead atoms. The first-order valence-electron chi connectivity index (χ1n) is 6.81. The predicted octanol–water partition coefficient (Wildman–Crippen LogP) is 2.23. The molecule has 2 aromatic carbocycles. The summed E-state index contributed by atoms with van der Waals surface area (Å²) in [6.07, 6.45) is 0. The molecule has 0 aliphatic carbocycles. The van der Waals surface area contributed by atoms with Crippen molar-refractivity contribution in [2.24, 2.45) is 0 Å². The molecule has 0 aromatic heterocycles. The molecule has 0 unspecified atom stereocenters. The van der Waals surface area contributed by atoms with Crippen molar-refractivity contribution in [1.29, 1.82) is 5.26 Å². The van der Waals surface area contributed by atoms with Gasteiger partial charge in [-0.25, -0.2) is 8.42 Å². The van der Waals surface area contributed by atoms with Crippen molar-refractivity contribution < 1.29 is 17.9 Å². The molecule has 8 heteroatoms. The van der Waals surface area contributed by atoms with Crippen LogP contribution >= 0.6 is 11.6 Å². The van der Waals surface area contributed by atoms with Crippen molar-refractivity contribution in [1.82, 2.24) is 4.72 Å². The van der Waals surface area contributed by atoms with Crippen LogP contribution in [0.3, 0.4) is 0 Å². The fourth-order valence-electron chi connectivity index (χ4n) is 1.77. The summed E-state index contributed by atoms with van der Waals surface area (Å²) in [6, 6.07) is 14.1. The highest BCUT2D eigenvalue weighted by Crippen LogP contribution is 2.15. The van der Waals surface area contributed by atoms with Crippen molar-refractivity contribution in [3.05, 3.63) is 64.7 Å². The maximum Gasteiger partial charge on any atom is 0.321 e. The second-order valence-corrected chi connectivity index (χ2v) is 6.89. The molecule has 2 aromatic rings. The van der Waals surface area contributed by atoms with Crippen LogP contribution in [0.2, 0.25) is 5.02 Å². The summed E-state index contributed by atoms with van der Waals surface area (Å²) in [4.78, 5) is 11.6. The van der Waals surface area contributed by atoms with Gasteiger partial charge in [0, 0.05) is 10.6 Å². The number of halogens is 1. The van der Waals surface area contributed by atoms with Crippen LogP contribution in [0.15, 0.2) is 53.4 Å². The second kappa shape index (κ2) is 7.93. The molecule has 0 heterocycles. The maximum absolute atomic E-state index is 12.0. The molecule has 0 saturated heterocycles. The number of benzene rings is 2. The van der Waals surface area contributed by atoms with Gasteiger partial charge >= 0.3 is 5.97 Å². The average molecular weight is 365 g/mol. The minimum absolute atomic E-state index is 0.0413. The Hall–Kier alpha value is -2.40. The third kappa shape index (κ3) is 4.80. The number of esters is 1. The van der Waals surface area contributed by atoms with Crippen molar-refractivity contribution in [2.75, 3.05) is 6.54 Å². The van der Waals surface area contributed by atoms with E-state index >= 15 is 0 Å². The van der Waals surface area contributed by atoms with Crippen LogP contribution in [-0.4, -0.2) is 20.9 Å². The van der Waals surface area contributed by atoms with Gasteiger partial charge in [0.1, 0.15) is 13.2 Å². The number of nitrogens with zero attached hydrogens (tertiary/aromatic N) is 1. The quantitative estimate of drug-likeness (QED) is 0.793. The number of rotatable bonds is 6. The summed E-state index contributed by atoms with van der Waals surface area (Å²) in [7, 11) is -3.86. The van der Waals surface area contributed by atoms with E-state index in [1.807, 2.05) is 6.07 Å². The van der Waals surface area contributed by atoms with Crippen molar-refractivity contribution in [2.45, 2.75) is 11.5 Å². The lowest BCUT2D eigenvalue weighted by molar-refractivity contribution is -0.143. The van der Waals surface area contributed by atoms with Gasteiger partial charge in [-0.05, 0) is 30.3 Å². The molecule has 0 aliphatic heterocycles. The monoisotopic (exact) mass is 364 g/mol. The Morgan fingerprint density at radius 1 is 1.17 bits per heavy atom. The number of sulfonamides is 1. The minimum Gasteiger partial charge on any atom is -0.460 e. The molecule has 124 valence electrons. The number of nitriles is 1. The molecule has 24 heavy (non-hydrogen) atoms. The van der Waals surface area contributed by atoms with E-state index in [9.17, 15) is 13.2 Å². The zero-order valence-corrected chi connectivity index (χ0v) is 14.0. The van der Waals surface area contributed by atoms with E-state index in [-0.39, 0.29) is 11.5 Å². The Morgan fingerprint density at radius 2 is 1.83 bits per heavy atom. The first kappa shape index (κ1) is 17.9. The molecule has 2 rings (SSSR count). The average Bonchev–Trinajstić information content (AvgIpc) is 2.59. The lowest BCUT2D eigenvalue weighted by Crippen LogP contribution is -2.30. The van der Waals surface area contributed by atoms with Crippen LogP contribution in [0.1, 0.15) is 11.1 Å². The van der Waals surface area contributed by atoms with Gasteiger partial charge in [-0.2, -0.15) is 9.98 Å². The van der Waals surface area contributed by atoms with Crippen LogP contribution in [0.25, 0.3) is 0 Å². The zero-order chi connectivity index (χ0) is 17.6. The Kier molecular flexibility index (Phi) is 5.93. The highest BCUT2D eigenvalue weighted by atomic mass is 35.5. The van der Waals surface area contributed by atoms with Crippen molar-refractivity contribution >= 4 is 27.6 Å². The maximum atomic E-state index is 12.0. The fraction of sp³-hybridized carbons (Fsp3) is 0.125. The molecule has 0 radical (unpaired) electrons. The molecular weight excluding hydrogens is 352 g/mol. The van der Waals surface area contributed by atoms with Gasteiger partial charge < -0.3 is 4.74 Å². The molecule has 0 aliphatic rings. The number of ether oxygens (including phenoxy) is 1. The summed E-state index contributed by atoms with van der Waals surface area (Å²) in [5, 5.41) is 9.16. The lowest BCUT2D eigenvalue weighted by atomic mass is 10.2. The lowest BCUT2D eigenvalue weighted by Gasteiger charge is -2.08. The van der Waals surface area contributed by atoms with E-state index in [0.717, 1.165) is 0 Å². The van der Waals surface area contributed by atoms with E-state index < -0.39 is 22.5 Å². The van der Waals surface area contributed by atoms with Gasteiger partial charge in [0.05, 0.1) is 16.5 Å². The number of nitrogens with one attached hydrogen (secondary N) is 1. The first-order chi connectivity index (χ1) is 11.4. The molecule has 0 fully saturated rings. The van der Waals surface area contributed by atoms with Crippen LogP contribution in [-0.2, 0) is 26.2 Å². The van der Waals surface area contributed by atoms with Crippen molar-refractivity contribution in [3.8, 4) is 6.07 Å². The van der Waals surface area contributed by atoms with Gasteiger partial charge in [-0.3, -0.25) is 4.79 Å². The van der Waals surface area contributed by atoms with Crippen LogP contribution in [0.5, 0.6) is 0 Å².